The fourth-order valence-electron chi connectivity index (χ4n) is 1.73. The van der Waals surface area contributed by atoms with E-state index in [4.69, 9.17) is 0 Å². The van der Waals surface area contributed by atoms with Gasteiger partial charge in [-0.25, -0.2) is 4.98 Å². The molecule has 0 aliphatic rings. The highest BCUT2D eigenvalue weighted by Crippen LogP contribution is 2.14. The zero-order chi connectivity index (χ0) is 11.8. The van der Waals surface area contributed by atoms with Gasteiger partial charge < -0.3 is 5.32 Å². The van der Waals surface area contributed by atoms with Crippen LogP contribution in [0.25, 0.3) is 0 Å². The van der Waals surface area contributed by atoms with Crippen LogP contribution in [0.2, 0.25) is 0 Å². The number of thiazole rings is 1. The van der Waals surface area contributed by atoms with E-state index in [9.17, 15) is 0 Å². The third-order valence-corrected chi connectivity index (χ3v) is 4.03. The summed E-state index contributed by atoms with van der Waals surface area (Å²) in [5, 5.41) is 4.83. The molecule has 1 N–H and O–H groups in total. The van der Waals surface area contributed by atoms with Crippen molar-refractivity contribution in [3.05, 3.63) is 16.1 Å². The summed E-state index contributed by atoms with van der Waals surface area (Å²) < 4.78 is 0. The summed E-state index contributed by atoms with van der Waals surface area (Å²) in [5.74, 6) is 0. The summed E-state index contributed by atoms with van der Waals surface area (Å²) in [4.78, 5) is 5.82. The largest absolute Gasteiger partial charge is 0.308 e. The van der Waals surface area contributed by atoms with E-state index in [1.807, 2.05) is 17.5 Å². The molecule has 1 unspecified atom stereocenters. The number of hydrogen-bond donors (Lipinski definition) is 1. The summed E-state index contributed by atoms with van der Waals surface area (Å²) in [5.41, 5.74) is 0. The van der Waals surface area contributed by atoms with Gasteiger partial charge in [0.1, 0.15) is 5.01 Å². The molecule has 0 bridgehead atoms. The van der Waals surface area contributed by atoms with Crippen LogP contribution >= 0.6 is 11.3 Å². The molecule has 1 heterocycles. The van der Waals surface area contributed by atoms with Crippen molar-refractivity contribution < 1.29 is 0 Å². The Morgan fingerprint density at radius 2 is 2.19 bits per heavy atom. The molecule has 16 heavy (non-hydrogen) atoms. The van der Waals surface area contributed by atoms with Crippen molar-refractivity contribution in [2.75, 3.05) is 0 Å². The van der Waals surface area contributed by atoms with Crippen LogP contribution in [0.4, 0.5) is 0 Å². The standard InChI is InChI=1S/C13H24N2S/c1-4-7-8-11(5-2)14-10-13-15-9-12(6-3)16-13/h9,11,14H,4-8,10H2,1-3H3. The number of rotatable bonds is 8. The van der Waals surface area contributed by atoms with Crippen molar-refractivity contribution in [3.63, 3.8) is 0 Å². The summed E-state index contributed by atoms with van der Waals surface area (Å²) in [6, 6.07) is 0.661. The first-order chi connectivity index (χ1) is 7.80. The molecule has 0 radical (unpaired) electrons. The second kappa shape index (κ2) is 7.80. The quantitative estimate of drug-likeness (QED) is 0.748. The van der Waals surface area contributed by atoms with Crippen molar-refractivity contribution in [1.82, 2.24) is 10.3 Å². The van der Waals surface area contributed by atoms with Crippen LogP contribution in [0.1, 0.15) is 56.3 Å². The fourth-order valence-corrected chi connectivity index (χ4v) is 2.54. The number of nitrogens with one attached hydrogen (secondary N) is 1. The van der Waals surface area contributed by atoms with Gasteiger partial charge in [0.2, 0.25) is 0 Å². The summed E-state index contributed by atoms with van der Waals surface area (Å²) in [6.45, 7) is 7.63. The Morgan fingerprint density at radius 3 is 2.75 bits per heavy atom. The molecule has 0 aliphatic heterocycles. The number of aryl methyl sites for hydroxylation is 1. The lowest BCUT2D eigenvalue weighted by atomic mass is 10.1. The highest BCUT2D eigenvalue weighted by Gasteiger charge is 2.06. The van der Waals surface area contributed by atoms with Crippen LogP contribution in [0.5, 0.6) is 0 Å². The van der Waals surface area contributed by atoms with Crippen LogP contribution < -0.4 is 5.32 Å². The van der Waals surface area contributed by atoms with Crippen molar-refractivity contribution in [1.29, 1.82) is 0 Å². The molecular weight excluding hydrogens is 216 g/mol. The van der Waals surface area contributed by atoms with Gasteiger partial charge in [0.15, 0.2) is 0 Å². The second-order valence-electron chi connectivity index (χ2n) is 4.20. The first-order valence-electron chi connectivity index (χ1n) is 6.47. The van der Waals surface area contributed by atoms with Crippen LogP contribution in [-0.4, -0.2) is 11.0 Å². The minimum atomic E-state index is 0.661. The van der Waals surface area contributed by atoms with Gasteiger partial charge in [0.05, 0.1) is 0 Å². The number of hydrogen-bond acceptors (Lipinski definition) is 3. The van der Waals surface area contributed by atoms with Crippen molar-refractivity contribution in [2.45, 2.75) is 65.5 Å². The number of nitrogens with zero attached hydrogens (tertiary/aromatic N) is 1. The molecular formula is C13H24N2S. The number of aromatic nitrogens is 1. The topological polar surface area (TPSA) is 24.9 Å². The average molecular weight is 240 g/mol. The second-order valence-corrected chi connectivity index (χ2v) is 5.40. The van der Waals surface area contributed by atoms with Gasteiger partial charge in [-0.2, -0.15) is 0 Å². The van der Waals surface area contributed by atoms with Crippen LogP contribution in [0.3, 0.4) is 0 Å². The normalized spacial score (nSPS) is 12.9. The van der Waals surface area contributed by atoms with Crippen LogP contribution in [0.15, 0.2) is 6.20 Å². The third kappa shape index (κ3) is 4.62. The lowest BCUT2D eigenvalue weighted by Gasteiger charge is -2.15. The Labute approximate surface area is 103 Å². The summed E-state index contributed by atoms with van der Waals surface area (Å²) in [7, 11) is 0. The smallest absolute Gasteiger partial charge is 0.107 e. The Kier molecular flexibility index (Phi) is 6.65. The van der Waals surface area contributed by atoms with Crippen LogP contribution in [-0.2, 0) is 13.0 Å². The molecule has 0 aliphatic carbocycles. The monoisotopic (exact) mass is 240 g/mol. The lowest BCUT2D eigenvalue weighted by Crippen LogP contribution is -2.27. The Balaban J connectivity index is 2.31. The predicted octanol–water partition coefficient (Wildman–Crippen LogP) is 3.76. The SMILES string of the molecule is CCCCC(CC)NCc1ncc(CC)s1. The molecule has 0 amide bonds. The van der Waals surface area contributed by atoms with E-state index < -0.39 is 0 Å². The average Bonchev–Trinajstić information content (AvgIpc) is 2.77. The lowest BCUT2D eigenvalue weighted by molar-refractivity contribution is 0.451. The van der Waals surface area contributed by atoms with Gasteiger partial charge in [-0.15, -0.1) is 11.3 Å². The molecule has 1 aromatic rings. The summed E-state index contributed by atoms with van der Waals surface area (Å²) >= 11 is 1.84. The predicted molar refractivity (Wildman–Crippen MR) is 71.9 cm³/mol. The molecule has 1 aromatic heterocycles. The van der Waals surface area contributed by atoms with Crippen molar-refractivity contribution >= 4 is 11.3 Å². The van der Waals surface area contributed by atoms with Gasteiger partial charge >= 0.3 is 0 Å². The van der Waals surface area contributed by atoms with E-state index in [1.54, 1.807) is 0 Å². The summed E-state index contributed by atoms with van der Waals surface area (Å²) in [6.07, 6.45) is 8.23. The highest BCUT2D eigenvalue weighted by molar-refractivity contribution is 7.11. The number of unbranched alkanes of at least 4 members (excludes halogenated alkanes) is 1. The molecule has 0 aromatic carbocycles. The molecule has 0 fully saturated rings. The molecule has 0 spiro atoms. The van der Waals surface area contributed by atoms with Crippen LogP contribution in [0, 0.1) is 0 Å². The van der Waals surface area contributed by atoms with E-state index in [-0.39, 0.29) is 0 Å². The van der Waals surface area contributed by atoms with E-state index >= 15 is 0 Å². The molecule has 92 valence electrons. The third-order valence-electron chi connectivity index (χ3n) is 2.89. The van der Waals surface area contributed by atoms with E-state index in [0.29, 0.717) is 6.04 Å². The first-order valence-corrected chi connectivity index (χ1v) is 7.28. The maximum Gasteiger partial charge on any atom is 0.107 e. The van der Waals surface area contributed by atoms with Crippen molar-refractivity contribution in [2.24, 2.45) is 0 Å². The van der Waals surface area contributed by atoms with Gasteiger partial charge in [0, 0.05) is 23.7 Å². The Hall–Kier alpha value is -0.410. The molecule has 0 saturated heterocycles. The molecule has 1 rings (SSSR count). The molecule has 2 nitrogen and oxygen atoms in total. The van der Waals surface area contributed by atoms with Gasteiger partial charge in [-0.1, -0.05) is 33.6 Å². The molecule has 3 heteroatoms. The van der Waals surface area contributed by atoms with E-state index in [1.165, 1.54) is 35.6 Å². The van der Waals surface area contributed by atoms with E-state index in [2.05, 4.69) is 31.1 Å². The fraction of sp³-hybridized carbons (Fsp3) is 0.769. The maximum absolute atomic E-state index is 4.43. The molecule has 0 saturated carbocycles. The molecule has 1 atom stereocenters. The zero-order valence-electron chi connectivity index (χ0n) is 10.8. The zero-order valence-corrected chi connectivity index (χ0v) is 11.6. The Bertz CT molecular complexity index is 283. The van der Waals surface area contributed by atoms with Gasteiger partial charge in [0.25, 0.3) is 0 Å². The Morgan fingerprint density at radius 1 is 1.38 bits per heavy atom. The minimum Gasteiger partial charge on any atom is -0.308 e. The van der Waals surface area contributed by atoms with Gasteiger partial charge in [-0.3, -0.25) is 0 Å². The maximum atomic E-state index is 4.43. The first kappa shape index (κ1) is 13.7. The van der Waals surface area contributed by atoms with Gasteiger partial charge in [-0.05, 0) is 19.3 Å². The highest BCUT2D eigenvalue weighted by atomic mass is 32.1. The van der Waals surface area contributed by atoms with E-state index in [0.717, 1.165) is 13.0 Å². The minimum absolute atomic E-state index is 0.661. The van der Waals surface area contributed by atoms with Crippen molar-refractivity contribution in [3.8, 4) is 0 Å².